The van der Waals surface area contributed by atoms with Gasteiger partial charge < -0.3 is 47.0 Å². The average molecular weight is 668 g/mol. The zero-order chi connectivity index (χ0) is 34.9. The van der Waals surface area contributed by atoms with E-state index in [9.17, 15) is 34.5 Å². The number of hydrogen-bond acceptors (Lipinski definition) is 8. The van der Waals surface area contributed by atoms with Crippen LogP contribution in [0.5, 0.6) is 11.5 Å². The van der Waals surface area contributed by atoms with E-state index in [-0.39, 0.29) is 37.2 Å². The minimum absolute atomic E-state index is 0.00530. The van der Waals surface area contributed by atoms with Crippen LogP contribution in [0.1, 0.15) is 22.4 Å². The maximum Gasteiger partial charge on any atom is 0.326 e. The summed E-state index contributed by atoms with van der Waals surface area (Å²) >= 11 is 0. The van der Waals surface area contributed by atoms with E-state index in [1.807, 2.05) is 24.3 Å². The Balaban J connectivity index is 1.40. The molecule has 0 saturated carbocycles. The lowest BCUT2D eigenvalue weighted by atomic mass is 10.0. The number of phenolic OH excluding ortho intramolecular Hbond substituents is 2. The van der Waals surface area contributed by atoms with Gasteiger partial charge in [-0.25, -0.2) is 9.78 Å². The van der Waals surface area contributed by atoms with Crippen molar-refractivity contribution in [2.24, 2.45) is 5.73 Å². The van der Waals surface area contributed by atoms with Crippen molar-refractivity contribution in [3.8, 4) is 11.5 Å². The Bertz CT molecular complexity index is 1890. The molecule has 2 aromatic heterocycles. The van der Waals surface area contributed by atoms with Gasteiger partial charge in [0.1, 0.15) is 29.6 Å². The summed E-state index contributed by atoms with van der Waals surface area (Å²) in [4.78, 5) is 63.2. The number of benzene rings is 3. The Morgan fingerprint density at radius 3 is 1.84 bits per heavy atom. The number of para-hydroxylation sites is 1. The summed E-state index contributed by atoms with van der Waals surface area (Å²) in [6.07, 6.45) is 4.74. The zero-order valence-corrected chi connectivity index (χ0v) is 26.3. The number of nitrogens with zero attached hydrogens (tertiary/aromatic N) is 1. The number of carboxylic acid groups (broad SMARTS) is 1. The van der Waals surface area contributed by atoms with Crippen molar-refractivity contribution in [1.29, 1.82) is 0 Å². The van der Waals surface area contributed by atoms with Crippen LogP contribution in [0.15, 0.2) is 91.5 Å². The first-order valence-electron chi connectivity index (χ1n) is 15.5. The third-order valence-corrected chi connectivity index (χ3v) is 8.06. The van der Waals surface area contributed by atoms with Crippen molar-refractivity contribution >= 4 is 34.6 Å². The number of nitrogens with two attached hydrogens (primary N) is 1. The Morgan fingerprint density at radius 2 is 1.24 bits per heavy atom. The second-order valence-electron chi connectivity index (χ2n) is 11.7. The van der Waals surface area contributed by atoms with Gasteiger partial charge in [0.05, 0.1) is 12.4 Å². The number of aromatic amines is 2. The number of rotatable bonds is 15. The molecule has 254 valence electrons. The molecular formula is C35H37N7O7. The molecule has 5 aromatic rings. The van der Waals surface area contributed by atoms with Crippen LogP contribution in [0.25, 0.3) is 10.9 Å². The van der Waals surface area contributed by atoms with Gasteiger partial charge in [0.15, 0.2) is 0 Å². The molecule has 2 heterocycles. The van der Waals surface area contributed by atoms with E-state index in [1.54, 1.807) is 30.5 Å². The maximum atomic E-state index is 14.0. The van der Waals surface area contributed by atoms with Crippen molar-refractivity contribution < 1.29 is 34.5 Å². The second kappa shape index (κ2) is 15.6. The molecule has 0 spiro atoms. The molecule has 49 heavy (non-hydrogen) atoms. The fourth-order valence-corrected chi connectivity index (χ4v) is 5.42. The summed E-state index contributed by atoms with van der Waals surface area (Å²) < 4.78 is 0. The van der Waals surface area contributed by atoms with Crippen LogP contribution in [0.2, 0.25) is 0 Å². The molecule has 3 amide bonds. The summed E-state index contributed by atoms with van der Waals surface area (Å²) in [5.74, 6) is -3.34. The number of aliphatic carboxylic acids is 1. The van der Waals surface area contributed by atoms with E-state index in [2.05, 4.69) is 30.9 Å². The van der Waals surface area contributed by atoms with Gasteiger partial charge in [0.2, 0.25) is 17.7 Å². The number of imidazole rings is 1. The van der Waals surface area contributed by atoms with Gasteiger partial charge in [-0.15, -0.1) is 0 Å². The fourth-order valence-electron chi connectivity index (χ4n) is 5.42. The SMILES string of the molecule is NC(Cc1cnc[nH]1)C(=O)NC(Cc1ccc(O)cc1)C(=O)NC(Cc1c[nH]c2ccccc12)C(=O)NC(Cc1ccc(O)cc1)C(=O)O. The number of fused-ring (bicyclic) bond motifs is 1. The van der Waals surface area contributed by atoms with Crippen molar-refractivity contribution in [3.05, 3.63) is 114 Å². The van der Waals surface area contributed by atoms with Gasteiger partial charge in [-0.2, -0.15) is 0 Å². The number of hydrogen-bond donors (Lipinski definition) is 9. The molecular weight excluding hydrogens is 630 g/mol. The normalized spacial score (nSPS) is 13.6. The number of nitrogens with one attached hydrogen (secondary N) is 5. The number of H-pyrrole nitrogens is 2. The number of amides is 3. The Morgan fingerprint density at radius 1 is 0.694 bits per heavy atom. The van der Waals surface area contributed by atoms with Crippen LogP contribution >= 0.6 is 0 Å². The highest BCUT2D eigenvalue weighted by molar-refractivity contribution is 5.95. The molecule has 0 saturated heterocycles. The van der Waals surface area contributed by atoms with Crippen LogP contribution in [0, 0.1) is 0 Å². The van der Waals surface area contributed by atoms with Gasteiger partial charge in [-0.3, -0.25) is 14.4 Å². The number of carbonyl (C=O) groups is 4. The van der Waals surface area contributed by atoms with E-state index >= 15 is 0 Å². The molecule has 10 N–H and O–H groups in total. The quantitative estimate of drug-likeness (QED) is 0.0784. The standard InChI is InChI=1S/C35H37N7O7/c36-27(16-23-18-37-19-39-23)32(45)40-29(13-20-5-9-24(43)10-6-20)33(46)41-30(15-22-17-38-28-4-2-1-3-26(22)28)34(47)42-31(35(48)49)14-21-7-11-25(44)12-8-21/h1-12,17-19,27,29-31,38,43-44H,13-16,36H2,(H,37,39)(H,40,45)(H,41,46)(H,42,47)(H,48,49). The Labute approximate surface area is 280 Å². The van der Waals surface area contributed by atoms with Gasteiger partial charge in [0, 0.05) is 54.7 Å². The zero-order valence-electron chi connectivity index (χ0n) is 26.3. The second-order valence-corrected chi connectivity index (χ2v) is 11.7. The molecule has 0 bridgehead atoms. The highest BCUT2D eigenvalue weighted by atomic mass is 16.4. The minimum atomic E-state index is -1.35. The molecule has 0 aliphatic rings. The van der Waals surface area contributed by atoms with Crippen molar-refractivity contribution in [1.82, 2.24) is 30.9 Å². The molecule has 14 heteroatoms. The number of aromatic hydroxyl groups is 2. The third kappa shape index (κ3) is 9.23. The molecule has 0 radical (unpaired) electrons. The highest BCUT2D eigenvalue weighted by Gasteiger charge is 2.31. The van der Waals surface area contributed by atoms with E-state index in [0.717, 1.165) is 10.9 Å². The largest absolute Gasteiger partial charge is 0.508 e. The van der Waals surface area contributed by atoms with Crippen LogP contribution in [0.4, 0.5) is 0 Å². The van der Waals surface area contributed by atoms with E-state index < -0.39 is 47.9 Å². The molecule has 14 nitrogen and oxygen atoms in total. The Kier molecular flexibility index (Phi) is 10.9. The van der Waals surface area contributed by atoms with Gasteiger partial charge >= 0.3 is 5.97 Å². The van der Waals surface area contributed by atoms with Crippen LogP contribution in [-0.2, 0) is 44.9 Å². The van der Waals surface area contributed by atoms with Gasteiger partial charge in [0.25, 0.3) is 0 Å². The van der Waals surface area contributed by atoms with E-state index in [4.69, 9.17) is 5.73 Å². The lowest BCUT2D eigenvalue weighted by Gasteiger charge is -2.25. The third-order valence-electron chi connectivity index (χ3n) is 8.06. The monoisotopic (exact) mass is 667 g/mol. The lowest BCUT2D eigenvalue weighted by Crippen LogP contribution is -2.58. The maximum absolute atomic E-state index is 14.0. The predicted octanol–water partition coefficient (Wildman–Crippen LogP) is 1.44. The summed E-state index contributed by atoms with van der Waals surface area (Å²) in [6.45, 7) is 0. The van der Waals surface area contributed by atoms with Crippen LogP contribution in [-0.4, -0.2) is 78.1 Å². The Hall–Kier alpha value is -6.15. The first-order valence-corrected chi connectivity index (χ1v) is 15.5. The number of carbonyl (C=O) groups excluding carboxylic acids is 3. The van der Waals surface area contributed by atoms with Crippen molar-refractivity contribution in [3.63, 3.8) is 0 Å². The van der Waals surface area contributed by atoms with Crippen molar-refractivity contribution in [2.75, 3.05) is 0 Å². The molecule has 5 rings (SSSR count). The topological polar surface area (TPSA) is 236 Å². The first kappa shape index (κ1) is 34.2. The lowest BCUT2D eigenvalue weighted by molar-refractivity contribution is -0.142. The van der Waals surface area contributed by atoms with Gasteiger partial charge in [-0.05, 0) is 47.0 Å². The predicted molar refractivity (Wildman–Crippen MR) is 179 cm³/mol. The molecule has 0 fully saturated rings. The molecule has 0 aliphatic heterocycles. The smallest absolute Gasteiger partial charge is 0.326 e. The average Bonchev–Trinajstić information content (AvgIpc) is 3.75. The first-order chi connectivity index (χ1) is 23.5. The summed E-state index contributed by atoms with van der Waals surface area (Å²) in [5, 5.41) is 38.2. The van der Waals surface area contributed by atoms with E-state index in [1.165, 1.54) is 36.8 Å². The van der Waals surface area contributed by atoms with Crippen molar-refractivity contribution in [2.45, 2.75) is 49.9 Å². The number of aromatic nitrogens is 3. The molecule has 4 atom stereocenters. The number of carboxylic acids is 1. The highest BCUT2D eigenvalue weighted by Crippen LogP contribution is 2.20. The molecule has 0 aliphatic carbocycles. The number of phenols is 2. The summed E-state index contributed by atoms with van der Waals surface area (Å²) in [6, 6.07) is 14.6. The van der Waals surface area contributed by atoms with Gasteiger partial charge in [-0.1, -0.05) is 42.5 Å². The summed E-state index contributed by atoms with van der Waals surface area (Å²) in [7, 11) is 0. The molecule has 3 aromatic carbocycles. The molecule has 4 unspecified atom stereocenters. The minimum Gasteiger partial charge on any atom is -0.508 e. The van der Waals surface area contributed by atoms with Crippen LogP contribution < -0.4 is 21.7 Å². The van der Waals surface area contributed by atoms with Crippen LogP contribution in [0.3, 0.4) is 0 Å². The summed E-state index contributed by atoms with van der Waals surface area (Å²) in [5.41, 5.74) is 9.45. The fraction of sp³-hybridized carbons (Fsp3) is 0.229. The van der Waals surface area contributed by atoms with E-state index in [0.29, 0.717) is 22.4 Å².